The number of pyridine rings is 1. The number of carbonyl (C=O) groups excluding carboxylic acids is 1. The molecule has 1 atom stereocenters. The van der Waals surface area contributed by atoms with Gasteiger partial charge in [0.1, 0.15) is 11.9 Å². The van der Waals surface area contributed by atoms with E-state index < -0.39 is 23.7 Å². The number of amides is 1. The van der Waals surface area contributed by atoms with Gasteiger partial charge in [0.15, 0.2) is 0 Å². The van der Waals surface area contributed by atoms with Crippen molar-refractivity contribution in [2.24, 2.45) is 0 Å². The molecule has 0 saturated heterocycles. The van der Waals surface area contributed by atoms with Gasteiger partial charge in [0.25, 0.3) is 5.91 Å². The fourth-order valence-electron chi connectivity index (χ4n) is 2.58. The van der Waals surface area contributed by atoms with Crippen molar-refractivity contribution in [3.05, 3.63) is 77.7 Å². The lowest BCUT2D eigenvalue weighted by Gasteiger charge is -2.15. The Morgan fingerprint density at radius 3 is 2.52 bits per heavy atom. The Morgan fingerprint density at radius 2 is 1.80 bits per heavy atom. The number of para-hydroxylation sites is 1. The maximum absolute atomic E-state index is 13.0. The van der Waals surface area contributed by atoms with E-state index in [1.807, 2.05) is 12.1 Å². The van der Waals surface area contributed by atoms with E-state index in [-0.39, 0.29) is 6.42 Å². The van der Waals surface area contributed by atoms with Crippen LogP contribution in [0.2, 0.25) is 0 Å². The summed E-state index contributed by atoms with van der Waals surface area (Å²) in [7, 11) is 0. The van der Waals surface area contributed by atoms with Crippen molar-refractivity contribution >= 4 is 22.8 Å². The monoisotopic (exact) mass is 338 g/mol. The van der Waals surface area contributed by atoms with Crippen LogP contribution in [-0.4, -0.2) is 28.0 Å². The molecule has 1 amide bonds. The van der Waals surface area contributed by atoms with Crippen LogP contribution in [0.1, 0.15) is 15.9 Å². The molecule has 0 spiro atoms. The maximum atomic E-state index is 13.0. The Kier molecular flexibility index (Phi) is 4.70. The van der Waals surface area contributed by atoms with Crippen molar-refractivity contribution < 1.29 is 19.1 Å². The summed E-state index contributed by atoms with van der Waals surface area (Å²) in [5, 5.41) is 12.7. The minimum atomic E-state index is -1.16. The number of carbonyl (C=O) groups is 2. The molecule has 126 valence electrons. The van der Waals surface area contributed by atoms with E-state index in [0.29, 0.717) is 16.6 Å². The number of aromatic nitrogens is 1. The standard InChI is InChI=1S/C19H15FN2O3/c20-14-8-6-12(7-9-14)11-16(19(24)25)22-18(23)15-5-1-3-13-4-2-10-21-17(13)15/h1-10,16H,11H2,(H,22,23)(H,24,25)/t16-/m0/s1. The zero-order chi connectivity index (χ0) is 17.8. The second kappa shape index (κ2) is 7.09. The van der Waals surface area contributed by atoms with Crippen LogP contribution >= 0.6 is 0 Å². The van der Waals surface area contributed by atoms with Crippen LogP contribution in [0.3, 0.4) is 0 Å². The van der Waals surface area contributed by atoms with E-state index in [1.54, 1.807) is 24.4 Å². The molecule has 1 aromatic heterocycles. The van der Waals surface area contributed by atoms with Crippen LogP contribution in [0.15, 0.2) is 60.8 Å². The normalized spacial score (nSPS) is 11.9. The van der Waals surface area contributed by atoms with Gasteiger partial charge in [-0.3, -0.25) is 9.78 Å². The summed E-state index contributed by atoms with van der Waals surface area (Å²) in [6, 6.07) is 13.1. The van der Waals surface area contributed by atoms with Gasteiger partial charge in [0.2, 0.25) is 0 Å². The number of halogens is 1. The Labute approximate surface area is 143 Å². The van der Waals surface area contributed by atoms with Gasteiger partial charge in [0.05, 0.1) is 11.1 Å². The van der Waals surface area contributed by atoms with E-state index in [9.17, 15) is 19.1 Å². The maximum Gasteiger partial charge on any atom is 0.326 e. The van der Waals surface area contributed by atoms with Crippen LogP contribution in [0.4, 0.5) is 4.39 Å². The molecule has 3 aromatic rings. The zero-order valence-electron chi connectivity index (χ0n) is 13.1. The molecule has 6 heteroatoms. The van der Waals surface area contributed by atoms with Gasteiger partial charge in [-0.15, -0.1) is 0 Å². The molecule has 25 heavy (non-hydrogen) atoms. The third-order valence-corrected chi connectivity index (χ3v) is 3.83. The Hall–Kier alpha value is -3.28. The minimum Gasteiger partial charge on any atom is -0.480 e. The largest absolute Gasteiger partial charge is 0.480 e. The number of aliphatic carboxylic acids is 1. The topological polar surface area (TPSA) is 79.3 Å². The van der Waals surface area contributed by atoms with E-state index in [0.717, 1.165) is 5.39 Å². The summed E-state index contributed by atoms with van der Waals surface area (Å²) in [5.74, 6) is -2.08. The van der Waals surface area contributed by atoms with Crippen molar-refractivity contribution in [1.29, 1.82) is 0 Å². The average molecular weight is 338 g/mol. The van der Waals surface area contributed by atoms with Gasteiger partial charge in [0, 0.05) is 18.0 Å². The predicted molar refractivity (Wildman–Crippen MR) is 90.7 cm³/mol. The number of fused-ring (bicyclic) bond motifs is 1. The molecule has 2 aromatic carbocycles. The predicted octanol–water partition coefficient (Wildman–Crippen LogP) is 2.80. The molecular weight excluding hydrogens is 323 g/mol. The number of hydrogen-bond acceptors (Lipinski definition) is 3. The zero-order valence-corrected chi connectivity index (χ0v) is 13.1. The molecule has 0 aliphatic rings. The third-order valence-electron chi connectivity index (χ3n) is 3.83. The molecule has 0 bridgehead atoms. The van der Waals surface area contributed by atoms with E-state index in [4.69, 9.17) is 0 Å². The van der Waals surface area contributed by atoms with E-state index in [1.165, 1.54) is 24.3 Å². The Bertz CT molecular complexity index is 920. The quantitative estimate of drug-likeness (QED) is 0.750. The molecule has 0 unspecified atom stereocenters. The van der Waals surface area contributed by atoms with Crippen LogP contribution in [-0.2, 0) is 11.2 Å². The average Bonchev–Trinajstić information content (AvgIpc) is 2.62. The van der Waals surface area contributed by atoms with Crippen molar-refractivity contribution in [2.75, 3.05) is 0 Å². The van der Waals surface area contributed by atoms with Gasteiger partial charge in [-0.2, -0.15) is 0 Å². The molecule has 0 aliphatic carbocycles. The second-order valence-corrected chi connectivity index (χ2v) is 5.58. The number of rotatable bonds is 5. The summed E-state index contributed by atoms with van der Waals surface area (Å²) in [6.07, 6.45) is 1.63. The van der Waals surface area contributed by atoms with Gasteiger partial charge in [-0.25, -0.2) is 9.18 Å². The molecule has 5 nitrogen and oxygen atoms in total. The first-order chi connectivity index (χ1) is 12.0. The highest BCUT2D eigenvalue weighted by Crippen LogP contribution is 2.16. The van der Waals surface area contributed by atoms with Crippen LogP contribution in [0.25, 0.3) is 10.9 Å². The van der Waals surface area contributed by atoms with Crippen molar-refractivity contribution in [2.45, 2.75) is 12.5 Å². The van der Waals surface area contributed by atoms with Crippen molar-refractivity contribution in [3.63, 3.8) is 0 Å². The van der Waals surface area contributed by atoms with Gasteiger partial charge in [-0.05, 0) is 29.8 Å². The highest BCUT2D eigenvalue weighted by Gasteiger charge is 2.22. The molecule has 3 rings (SSSR count). The highest BCUT2D eigenvalue weighted by molar-refractivity contribution is 6.06. The summed E-state index contributed by atoms with van der Waals surface area (Å²) in [5.41, 5.74) is 1.43. The molecule has 0 aliphatic heterocycles. The Morgan fingerprint density at radius 1 is 1.08 bits per heavy atom. The summed E-state index contributed by atoms with van der Waals surface area (Å²) < 4.78 is 13.0. The Balaban J connectivity index is 1.83. The summed E-state index contributed by atoms with van der Waals surface area (Å²) in [4.78, 5) is 28.2. The number of hydrogen-bond donors (Lipinski definition) is 2. The van der Waals surface area contributed by atoms with Crippen LogP contribution < -0.4 is 5.32 Å². The van der Waals surface area contributed by atoms with Crippen molar-refractivity contribution in [3.8, 4) is 0 Å². The molecular formula is C19H15FN2O3. The number of benzene rings is 2. The smallest absolute Gasteiger partial charge is 0.326 e. The first-order valence-electron chi connectivity index (χ1n) is 7.66. The first-order valence-corrected chi connectivity index (χ1v) is 7.66. The SMILES string of the molecule is O=C(N[C@@H](Cc1ccc(F)cc1)C(=O)O)c1cccc2cccnc12. The molecule has 1 heterocycles. The number of carboxylic acids is 1. The number of carboxylic acid groups (broad SMARTS) is 1. The van der Waals surface area contributed by atoms with Gasteiger partial charge in [-0.1, -0.05) is 30.3 Å². The lowest BCUT2D eigenvalue weighted by molar-refractivity contribution is -0.139. The number of nitrogens with zero attached hydrogens (tertiary/aromatic N) is 1. The van der Waals surface area contributed by atoms with Crippen LogP contribution in [0, 0.1) is 5.82 Å². The van der Waals surface area contributed by atoms with Crippen LogP contribution in [0.5, 0.6) is 0 Å². The molecule has 0 radical (unpaired) electrons. The van der Waals surface area contributed by atoms with Gasteiger partial charge < -0.3 is 10.4 Å². The molecule has 0 fully saturated rings. The van der Waals surface area contributed by atoms with Crippen molar-refractivity contribution in [1.82, 2.24) is 10.3 Å². The second-order valence-electron chi connectivity index (χ2n) is 5.58. The summed E-state index contributed by atoms with van der Waals surface area (Å²) >= 11 is 0. The van der Waals surface area contributed by atoms with E-state index in [2.05, 4.69) is 10.3 Å². The molecule has 0 saturated carbocycles. The fourth-order valence-corrected chi connectivity index (χ4v) is 2.58. The highest BCUT2D eigenvalue weighted by atomic mass is 19.1. The lowest BCUT2D eigenvalue weighted by Crippen LogP contribution is -2.42. The first kappa shape index (κ1) is 16.6. The molecule has 2 N–H and O–H groups in total. The van der Waals surface area contributed by atoms with E-state index >= 15 is 0 Å². The third kappa shape index (κ3) is 3.80. The minimum absolute atomic E-state index is 0.0551. The number of nitrogens with one attached hydrogen (secondary N) is 1. The fraction of sp³-hybridized carbons (Fsp3) is 0.105. The summed E-state index contributed by atoms with van der Waals surface area (Å²) in [6.45, 7) is 0. The van der Waals surface area contributed by atoms with Gasteiger partial charge >= 0.3 is 5.97 Å². The lowest BCUT2D eigenvalue weighted by atomic mass is 10.0.